The van der Waals surface area contributed by atoms with Gasteiger partial charge in [-0.25, -0.2) is 4.79 Å². The Bertz CT molecular complexity index is 1310. The molecule has 1 spiro atoms. The molecule has 13 nitrogen and oxygen atoms in total. The van der Waals surface area contributed by atoms with Crippen LogP contribution in [0.4, 0.5) is 0 Å². The fourth-order valence-corrected chi connectivity index (χ4v) is 6.55. The first kappa shape index (κ1) is 27.9. The van der Waals surface area contributed by atoms with Gasteiger partial charge in [-0.1, -0.05) is 6.07 Å². The number of aliphatic carboxylic acids is 1. The normalized spacial score (nSPS) is 30.1. The summed E-state index contributed by atoms with van der Waals surface area (Å²) in [7, 11) is 1.94. The lowest BCUT2D eigenvalue weighted by Crippen LogP contribution is -2.74. The summed E-state index contributed by atoms with van der Waals surface area (Å²) in [6.45, 7) is 3.09. The zero-order valence-corrected chi connectivity index (χ0v) is 22.2. The average Bonchev–Trinajstić information content (AvgIpc) is 3.25. The summed E-state index contributed by atoms with van der Waals surface area (Å²) in [5.74, 6) is -4.16. The van der Waals surface area contributed by atoms with Crippen molar-refractivity contribution in [1.29, 1.82) is 0 Å². The Balaban J connectivity index is 1.30. The van der Waals surface area contributed by atoms with Crippen LogP contribution in [0.3, 0.4) is 0 Å². The number of piperidine rings is 1. The molecule has 0 aromatic heterocycles. The van der Waals surface area contributed by atoms with Gasteiger partial charge in [0.25, 0.3) is 5.91 Å². The number of nitrogens with zero attached hydrogens (tertiary/aromatic N) is 1. The molecule has 2 aliphatic carbocycles. The van der Waals surface area contributed by atoms with Crippen molar-refractivity contribution < 1.29 is 53.8 Å². The van der Waals surface area contributed by atoms with Crippen LogP contribution < -0.4 is 10.1 Å². The highest BCUT2D eigenvalue weighted by Crippen LogP contribution is 2.65. The van der Waals surface area contributed by atoms with Crippen molar-refractivity contribution >= 4 is 23.8 Å². The van der Waals surface area contributed by atoms with Gasteiger partial charge in [-0.05, 0) is 58.0 Å². The summed E-state index contributed by atoms with van der Waals surface area (Å²) in [4.78, 5) is 50.1. The van der Waals surface area contributed by atoms with E-state index in [2.05, 4.69) is 10.2 Å². The predicted molar refractivity (Wildman–Crippen MR) is 134 cm³/mol. The van der Waals surface area contributed by atoms with Gasteiger partial charge in [-0.2, -0.15) is 0 Å². The summed E-state index contributed by atoms with van der Waals surface area (Å²) in [6.07, 6.45) is -2.38. The Morgan fingerprint density at radius 1 is 1.25 bits per heavy atom. The summed E-state index contributed by atoms with van der Waals surface area (Å²) in [6, 6.07) is 1.91. The van der Waals surface area contributed by atoms with Crippen LogP contribution in [-0.4, -0.2) is 98.7 Å². The second-order valence-electron chi connectivity index (χ2n) is 10.9. The summed E-state index contributed by atoms with van der Waals surface area (Å²) < 4.78 is 16.6. The van der Waals surface area contributed by atoms with Gasteiger partial charge in [0.15, 0.2) is 29.8 Å². The molecule has 0 saturated carbocycles. The number of carboxylic acid groups (broad SMARTS) is 1. The maximum atomic E-state index is 12.8. The summed E-state index contributed by atoms with van der Waals surface area (Å²) in [5.41, 5.74) is -0.609. The van der Waals surface area contributed by atoms with Crippen molar-refractivity contribution in [2.24, 2.45) is 0 Å². The number of esters is 2. The zero-order chi connectivity index (χ0) is 29.1. The highest BCUT2D eigenvalue weighted by molar-refractivity contribution is 5.88. The Kier molecular flexibility index (Phi) is 6.79. The minimum Gasteiger partial charge on any atom is -0.504 e. The van der Waals surface area contributed by atoms with Crippen LogP contribution in [0.5, 0.6) is 11.5 Å². The van der Waals surface area contributed by atoms with E-state index in [1.54, 1.807) is 6.08 Å². The molecular weight excluding hydrogens is 528 g/mol. The largest absolute Gasteiger partial charge is 0.504 e. The SMILES string of the molecule is C[C@H](NC(=O)[C@H](C)OC(=O)C[C@H](O)C(=O)OC1=CC[C@@]2(O)[C@H]3Cc4ccc(O)c5c4[C@@]2(CCN3C)[C@H]1O5)C(=O)O. The average molecular weight is 561 g/mol. The number of ether oxygens (including phenoxy) is 3. The molecule has 1 fully saturated rings. The van der Waals surface area contributed by atoms with E-state index in [1.165, 1.54) is 19.9 Å². The van der Waals surface area contributed by atoms with Crippen molar-refractivity contribution in [3.63, 3.8) is 0 Å². The fraction of sp³-hybridized carbons (Fsp3) is 0.556. The van der Waals surface area contributed by atoms with Crippen molar-refractivity contribution in [3.8, 4) is 11.5 Å². The Morgan fingerprint density at radius 3 is 2.67 bits per heavy atom. The first-order chi connectivity index (χ1) is 18.8. The summed E-state index contributed by atoms with van der Waals surface area (Å²) in [5, 5.41) is 44.1. The van der Waals surface area contributed by atoms with E-state index in [4.69, 9.17) is 19.3 Å². The Hall–Kier alpha value is -3.68. The number of hydrogen-bond donors (Lipinski definition) is 5. The number of likely N-dealkylation sites (tertiary alicyclic amines) is 1. The molecule has 2 heterocycles. The summed E-state index contributed by atoms with van der Waals surface area (Å²) >= 11 is 0. The molecule has 1 saturated heterocycles. The first-order valence-corrected chi connectivity index (χ1v) is 13.1. The second-order valence-corrected chi connectivity index (χ2v) is 10.9. The highest BCUT2D eigenvalue weighted by Gasteiger charge is 2.72. The van der Waals surface area contributed by atoms with E-state index >= 15 is 0 Å². The molecule has 2 bridgehead atoms. The number of likely N-dealkylation sites (N-methyl/N-ethyl adjacent to an activating group) is 1. The number of nitrogens with one attached hydrogen (secondary N) is 1. The number of hydrogen-bond acceptors (Lipinski definition) is 11. The van der Waals surface area contributed by atoms with Crippen LogP contribution in [0.2, 0.25) is 0 Å². The van der Waals surface area contributed by atoms with Gasteiger partial charge in [-0.15, -0.1) is 0 Å². The number of carbonyl (C=O) groups excluding carboxylic acids is 3. The molecule has 1 amide bonds. The molecule has 0 unspecified atom stereocenters. The molecule has 4 aliphatic rings. The van der Waals surface area contributed by atoms with Gasteiger partial charge in [0.05, 0.1) is 17.4 Å². The number of rotatable bonds is 8. The third-order valence-electron chi connectivity index (χ3n) is 8.61. The van der Waals surface area contributed by atoms with Crippen LogP contribution in [0.25, 0.3) is 0 Å². The minimum absolute atomic E-state index is 0.0595. The van der Waals surface area contributed by atoms with Gasteiger partial charge >= 0.3 is 17.9 Å². The van der Waals surface area contributed by atoms with Gasteiger partial charge in [0, 0.05) is 18.0 Å². The lowest BCUT2D eigenvalue weighted by Gasteiger charge is -2.61. The quantitative estimate of drug-likeness (QED) is 0.256. The number of phenols is 1. The molecular formula is C27H32N2O11. The highest BCUT2D eigenvalue weighted by atomic mass is 16.6. The smallest absolute Gasteiger partial charge is 0.340 e. The lowest BCUT2D eigenvalue weighted by atomic mass is 9.50. The van der Waals surface area contributed by atoms with E-state index in [0.29, 0.717) is 24.9 Å². The van der Waals surface area contributed by atoms with E-state index in [0.717, 1.165) is 5.56 Å². The zero-order valence-electron chi connectivity index (χ0n) is 22.2. The monoisotopic (exact) mass is 560 g/mol. The molecule has 5 rings (SSSR count). The fourth-order valence-electron chi connectivity index (χ4n) is 6.55. The van der Waals surface area contributed by atoms with E-state index in [-0.39, 0.29) is 29.7 Å². The number of benzene rings is 1. The van der Waals surface area contributed by atoms with Crippen LogP contribution in [0, 0.1) is 0 Å². The third kappa shape index (κ3) is 4.11. The molecule has 216 valence electrons. The molecule has 40 heavy (non-hydrogen) atoms. The van der Waals surface area contributed by atoms with E-state index in [9.17, 15) is 34.5 Å². The van der Waals surface area contributed by atoms with Crippen LogP contribution >= 0.6 is 0 Å². The van der Waals surface area contributed by atoms with E-state index in [1.807, 2.05) is 13.1 Å². The van der Waals surface area contributed by atoms with Crippen molar-refractivity contribution in [1.82, 2.24) is 10.2 Å². The van der Waals surface area contributed by atoms with Crippen LogP contribution in [0.15, 0.2) is 24.0 Å². The molecule has 1 aromatic carbocycles. The molecule has 0 radical (unpaired) electrons. The van der Waals surface area contributed by atoms with Gasteiger partial charge in [0.1, 0.15) is 11.8 Å². The Morgan fingerprint density at radius 2 is 1.98 bits per heavy atom. The maximum Gasteiger partial charge on any atom is 0.340 e. The number of carboxylic acids is 1. The van der Waals surface area contributed by atoms with Crippen molar-refractivity contribution in [3.05, 3.63) is 35.1 Å². The molecule has 7 atom stereocenters. The first-order valence-electron chi connectivity index (χ1n) is 13.1. The number of aromatic hydroxyl groups is 1. The van der Waals surface area contributed by atoms with Crippen molar-refractivity contribution in [2.75, 3.05) is 13.6 Å². The van der Waals surface area contributed by atoms with Gasteiger partial charge in [0.2, 0.25) is 0 Å². The molecule has 5 N–H and O–H groups in total. The minimum atomic E-state index is -1.94. The van der Waals surface area contributed by atoms with Crippen LogP contribution in [0.1, 0.15) is 44.2 Å². The maximum absolute atomic E-state index is 12.8. The molecule has 2 aliphatic heterocycles. The van der Waals surface area contributed by atoms with Gasteiger partial charge in [-0.3, -0.25) is 14.4 Å². The topological polar surface area (TPSA) is 192 Å². The predicted octanol–water partition coefficient (Wildman–Crippen LogP) is -0.515. The number of aliphatic hydroxyl groups excluding tert-OH is 1. The second kappa shape index (κ2) is 9.75. The van der Waals surface area contributed by atoms with Crippen LogP contribution in [-0.2, 0) is 40.5 Å². The number of carbonyl (C=O) groups is 4. The number of amides is 1. The van der Waals surface area contributed by atoms with E-state index < -0.39 is 65.6 Å². The Labute approximate surface area is 229 Å². The van der Waals surface area contributed by atoms with Crippen molar-refractivity contribution in [2.45, 2.75) is 80.9 Å². The molecule has 13 heteroatoms. The number of aliphatic hydroxyl groups is 2. The lowest BCUT2D eigenvalue weighted by molar-refractivity contribution is -0.173. The van der Waals surface area contributed by atoms with Gasteiger partial charge < -0.3 is 44.9 Å². The standard InChI is InChI=1S/C27H32N2O11/c1-12(24(34)35)28-23(33)13(2)38-19(32)11-16(31)25(36)39-17-6-7-27(37)18-10-14-4-5-15(30)21-20(14)26(27,22(17)40-21)8-9-29(18)3/h4-6,12-13,16,18,22,30-31,37H,7-11H2,1-3H3,(H,28,33)(H,34,35)/t12-,13-,16-,18+,22-,26-,27+/m0/s1. The number of phenolic OH excluding ortho intramolecular Hbond substituents is 1. The molecule has 1 aromatic rings. The third-order valence-corrected chi connectivity index (χ3v) is 8.61.